The molecule has 1 aromatic heterocycles. The smallest absolute Gasteiger partial charge is 0.119 e. The van der Waals surface area contributed by atoms with Crippen LogP contribution in [0.4, 0.5) is 0 Å². The van der Waals surface area contributed by atoms with Crippen LogP contribution in [0.25, 0.3) is 10.4 Å². The van der Waals surface area contributed by atoms with Crippen molar-refractivity contribution in [1.29, 1.82) is 0 Å². The molecule has 3 heteroatoms. The maximum Gasteiger partial charge on any atom is 0.119 e. The van der Waals surface area contributed by atoms with Crippen LogP contribution >= 0.6 is 11.3 Å². The zero-order valence-electron chi connectivity index (χ0n) is 10.2. The summed E-state index contributed by atoms with van der Waals surface area (Å²) in [5, 5.41) is 5.36. The molecule has 0 aliphatic carbocycles. The van der Waals surface area contributed by atoms with Crippen LogP contribution in [-0.4, -0.2) is 13.7 Å². The quantitative estimate of drug-likeness (QED) is 0.872. The second-order valence-corrected chi connectivity index (χ2v) is 4.72. The van der Waals surface area contributed by atoms with Gasteiger partial charge >= 0.3 is 0 Å². The molecule has 1 aromatic carbocycles. The topological polar surface area (TPSA) is 21.3 Å². The minimum absolute atomic E-state index is 0.713. The molecule has 2 rings (SSSR count). The van der Waals surface area contributed by atoms with Crippen LogP contribution < -0.4 is 10.1 Å². The zero-order valence-corrected chi connectivity index (χ0v) is 11.0. The Kier molecular flexibility index (Phi) is 4.18. The van der Waals surface area contributed by atoms with Crippen LogP contribution in [0.1, 0.15) is 12.5 Å². The van der Waals surface area contributed by atoms with Crippen molar-refractivity contribution in [3.63, 3.8) is 0 Å². The average molecular weight is 247 g/mol. The van der Waals surface area contributed by atoms with Crippen LogP contribution in [0, 0.1) is 0 Å². The Morgan fingerprint density at radius 3 is 2.65 bits per heavy atom. The zero-order chi connectivity index (χ0) is 12.1. The van der Waals surface area contributed by atoms with E-state index >= 15 is 0 Å². The summed E-state index contributed by atoms with van der Waals surface area (Å²) in [7, 11) is 1.97. The summed E-state index contributed by atoms with van der Waals surface area (Å²) in [6, 6.07) is 10.5. The van der Waals surface area contributed by atoms with Gasteiger partial charge in [0, 0.05) is 11.4 Å². The van der Waals surface area contributed by atoms with Crippen LogP contribution in [0.5, 0.6) is 5.75 Å². The Labute approximate surface area is 106 Å². The van der Waals surface area contributed by atoms with Crippen molar-refractivity contribution < 1.29 is 4.74 Å². The van der Waals surface area contributed by atoms with E-state index in [1.165, 1.54) is 16.0 Å². The Hall–Kier alpha value is -1.32. The molecule has 0 radical (unpaired) electrons. The van der Waals surface area contributed by atoms with Gasteiger partial charge in [0.25, 0.3) is 0 Å². The SMILES string of the molecule is CCOc1ccc(-c2cc(CNC)cs2)cc1. The van der Waals surface area contributed by atoms with Gasteiger partial charge in [-0.3, -0.25) is 0 Å². The van der Waals surface area contributed by atoms with E-state index in [-0.39, 0.29) is 0 Å². The third kappa shape index (κ3) is 3.08. The summed E-state index contributed by atoms with van der Waals surface area (Å²) < 4.78 is 5.43. The van der Waals surface area contributed by atoms with E-state index < -0.39 is 0 Å². The molecule has 90 valence electrons. The van der Waals surface area contributed by atoms with Crippen molar-refractivity contribution in [1.82, 2.24) is 5.32 Å². The van der Waals surface area contributed by atoms with Crippen molar-refractivity contribution >= 4 is 11.3 Å². The van der Waals surface area contributed by atoms with E-state index in [9.17, 15) is 0 Å². The third-order valence-corrected chi connectivity index (χ3v) is 3.51. The van der Waals surface area contributed by atoms with Crippen molar-refractivity contribution in [3.05, 3.63) is 41.3 Å². The first-order valence-corrected chi connectivity index (χ1v) is 6.66. The summed E-state index contributed by atoms with van der Waals surface area (Å²) in [5.41, 5.74) is 2.59. The maximum atomic E-state index is 5.43. The minimum Gasteiger partial charge on any atom is -0.494 e. The van der Waals surface area contributed by atoms with Gasteiger partial charge in [-0.1, -0.05) is 0 Å². The highest BCUT2D eigenvalue weighted by Crippen LogP contribution is 2.28. The lowest BCUT2D eigenvalue weighted by molar-refractivity contribution is 0.340. The number of thiophene rings is 1. The highest BCUT2D eigenvalue weighted by Gasteiger charge is 2.02. The van der Waals surface area contributed by atoms with Crippen molar-refractivity contribution in [2.75, 3.05) is 13.7 Å². The van der Waals surface area contributed by atoms with Gasteiger partial charge in [0.1, 0.15) is 5.75 Å². The van der Waals surface area contributed by atoms with Gasteiger partial charge in [0.2, 0.25) is 0 Å². The summed E-state index contributed by atoms with van der Waals surface area (Å²) >= 11 is 1.78. The second-order valence-electron chi connectivity index (χ2n) is 3.81. The lowest BCUT2D eigenvalue weighted by atomic mass is 10.1. The molecule has 2 nitrogen and oxygen atoms in total. The van der Waals surface area contributed by atoms with Gasteiger partial charge < -0.3 is 10.1 Å². The first-order valence-electron chi connectivity index (χ1n) is 5.78. The largest absolute Gasteiger partial charge is 0.494 e. The van der Waals surface area contributed by atoms with Crippen LogP contribution in [0.15, 0.2) is 35.7 Å². The second kappa shape index (κ2) is 5.84. The number of benzene rings is 1. The molecular weight excluding hydrogens is 230 g/mol. The Balaban J connectivity index is 2.15. The highest BCUT2D eigenvalue weighted by molar-refractivity contribution is 7.13. The fourth-order valence-electron chi connectivity index (χ4n) is 1.71. The van der Waals surface area contributed by atoms with Gasteiger partial charge in [-0.25, -0.2) is 0 Å². The first kappa shape index (κ1) is 12.1. The molecule has 0 unspecified atom stereocenters. The molecule has 0 saturated heterocycles. The van der Waals surface area contributed by atoms with E-state index in [4.69, 9.17) is 4.74 Å². The van der Waals surface area contributed by atoms with E-state index in [0.717, 1.165) is 12.3 Å². The summed E-state index contributed by atoms with van der Waals surface area (Å²) in [5.74, 6) is 0.934. The maximum absolute atomic E-state index is 5.43. The van der Waals surface area contributed by atoms with Crippen LogP contribution in [-0.2, 0) is 6.54 Å². The molecule has 0 spiro atoms. The predicted octanol–water partition coefficient (Wildman–Crippen LogP) is 3.53. The minimum atomic E-state index is 0.713. The first-order chi connectivity index (χ1) is 8.33. The van der Waals surface area contributed by atoms with Gasteiger partial charge in [-0.05, 0) is 60.8 Å². The molecule has 0 saturated carbocycles. The fraction of sp³-hybridized carbons (Fsp3) is 0.286. The Morgan fingerprint density at radius 1 is 1.24 bits per heavy atom. The number of hydrogen-bond donors (Lipinski definition) is 1. The predicted molar refractivity (Wildman–Crippen MR) is 73.7 cm³/mol. The number of ether oxygens (including phenoxy) is 1. The number of rotatable bonds is 5. The van der Waals surface area contributed by atoms with Gasteiger partial charge in [0.05, 0.1) is 6.61 Å². The molecule has 0 aliphatic heterocycles. The molecule has 0 fully saturated rings. The number of nitrogens with one attached hydrogen (secondary N) is 1. The summed E-state index contributed by atoms with van der Waals surface area (Å²) in [6.45, 7) is 3.63. The number of hydrogen-bond acceptors (Lipinski definition) is 3. The molecule has 0 bridgehead atoms. The van der Waals surface area contributed by atoms with Crippen molar-refractivity contribution in [3.8, 4) is 16.2 Å². The standard InChI is InChI=1S/C14H17NOS/c1-3-16-13-6-4-12(5-7-13)14-8-11(9-15-2)10-17-14/h4-8,10,15H,3,9H2,1-2H3. The van der Waals surface area contributed by atoms with Crippen molar-refractivity contribution in [2.45, 2.75) is 13.5 Å². The van der Waals surface area contributed by atoms with Crippen LogP contribution in [0.3, 0.4) is 0 Å². The normalized spacial score (nSPS) is 10.5. The molecular formula is C14H17NOS. The van der Waals surface area contributed by atoms with Gasteiger partial charge in [-0.2, -0.15) is 0 Å². The molecule has 17 heavy (non-hydrogen) atoms. The fourth-order valence-corrected chi connectivity index (χ4v) is 2.63. The molecule has 0 amide bonds. The van der Waals surface area contributed by atoms with Crippen LogP contribution in [0.2, 0.25) is 0 Å². The molecule has 0 aliphatic rings. The summed E-state index contributed by atoms with van der Waals surface area (Å²) in [4.78, 5) is 1.30. The van der Waals surface area contributed by atoms with E-state index in [0.29, 0.717) is 6.61 Å². The molecule has 0 atom stereocenters. The highest BCUT2D eigenvalue weighted by atomic mass is 32.1. The van der Waals surface area contributed by atoms with Gasteiger partial charge in [0.15, 0.2) is 0 Å². The Bertz CT molecular complexity index is 461. The van der Waals surface area contributed by atoms with E-state index in [1.54, 1.807) is 11.3 Å². The van der Waals surface area contributed by atoms with Gasteiger partial charge in [-0.15, -0.1) is 11.3 Å². The van der Waals surface area contributed by atoms with E-state index in [2.05, 4.69) is 28.9 Å². The van der Waals surface area contributed by atoms with E-state index in [1.807, 2.05) is 26.1 Å². The monoisotopic (exact) mass is 247 g/mol. The molecule has 1 heterocycles. The Morgan fingerprint density at radius 2 is 2.00 bits per heavy atom. The average Bonchev–Trinajstić information content (AvgIpc) is 2.80. The lowest BCUT2D eigenvalue weighted by Gasteiger charge is -2.03. The molecule has 1 N–H and O–H groups in total. The summed E-state index contributed by atoms with van der Waals surface area (Å²) in [6.07, 6.45) is 0. The lowest BCUT2D eigenvalue weighted by Crippen LogP contribution is -2.03. The van der Waals surface area contributed by atoms with Crippen molar-refractivity contribution in [2.24, 2.45) is 0 Å². The molecule has 2 aromatic rings. The third-order valence-electron chi connectivity index (χ3n) is 2.48.